The summed E-state index contributed by atoms with van der Waals surface area (Å²) < 4.78 is 0. The molecule has 0 spiro atoms. The van der Waals surface area contributed by atoms with Gasteiger partial charge in [-0.2, -0.15) is 0 Å². The molecule has 0 unspecified atom stereocenters. The molecule has 1 aliphatic rings. The molecule has 0 aromatic heterocycles. The molecular weight excluding hydrogens is 296 g/mol. The summed E-state index contributed by atoms with van der Waals surface area (Å²) >= 11 is 0. The Labute approximate surface area is 143 Å². The molecule has 1 saturated carbocycles. The number of anilines is 2. The van der Waals surface area contributed by atoms with Crippen LogP contribution in [0, 0.1) is 0 Å². The smallest absolute Gasteiger partial charge is 0.247 e. The van der Waals surface area contributed by atoms with E-state index in [0.717, 1.165) is 22.5 Å². The first-order valence-electron chi connectivity index (χ1n) is 8.65. The van der Waals surface area contributed by atoms with Crippen LogP contribution in [0.5, 0.6) is 0 Å². The monoisotopic (exact) mass is 320 g/mol. The fraction of sp³-hybridized carbons (Fsp3) is 0.286. The van der Waals surface area contributed by atoms with Crippen molar-refractivity contribution in [3.8, 4) is 11.1 Å². The normalized spacial score (nSPS) is 14.8. The van der Waals surface area contributed by atoms with E-state index in [0.29, 0.717) is 6.04 Å². The van der Waals surface area contributed by atoms with Crippen molar-refractivity contribution in [2.45, 2.75) is 38.1 Å². The van der Waals surface area contributed by atoms with Crippen molar-refractivity contribution in [1.29, 1.82) is 0 Å². The molecule has 1 aliphatic carbocycles. The molecule has 0 atom stereocenters. The first-order chi connectivity index (χ1) is 11.8. The average molecular weight is 320 g/mol. The van der Waals surface area contributed by atoms with Crippen LogP contribution >= 0.6 is 0 Å². The van der Waals surface area contributed by atoms with Gasteiger partial charge < -0.3 is 10.6 Å². The summed E-state index contributed by atoms with van der Waals surface area (Å²) in [6.45, 7) is 3.51. The largest absolute Gasteiger partial charge is 0.382 e. The van der Waals surface area contributed by atoms with Gasteiger partial charge in [-0.1, -0.05) is 56.2 Å². The number of hydrogen-bond acceptors (Lipinski definition) is 2. The van der Waals surface area contributed by atoms with Crippen LogP contribution in [0.25, 0.3) is 11.1 Å². The van der Waals surface area contributed by atoms with Gasteiger partial charge in [0, 0.05) is 23.0 Å². The van der Waals surface area contributed by atoms with Crippen molar-refractivity contribution in [2.24, 2.45) is 0 Å². The van der Waals surface area contributed by atoms with Crippen LogP contribution in [-0.4, -0.2) is 11.9 Å². The SMILES string of the molecule is C=CC(=O)Nc1ccc(NC2CCCCC2)c(-c2ccccc2)c1. The predicted octanol–water partition coefficient (Wildman–Crippen LogP) is 5.22. The highest BCUT2D eigenvalue weighted by Crippen LogP contribution is 2.33. The van der Waals surface area contributed by atoms with Crippen molar-refractivity contribution >= 4 is 17.3 Å². The summed E-state index contributed by atoms with van der Waals surface area (Å²) in [5.74, 6) is -0.193. The zero-order valence-electron chi connectivity index (χ0n) is 13.9. The molecule has 3 heteroatoms. The van der Waals surface area contributed by atoms with Crippen LogP contribution < -0.4 is 10.6 Å². The third-order valence-electron chi connectivity index (χ3n) is 4.52. The Balaban J connectivity index is 1.91. The number of benzene rings is 2. The van der Waals surface area contributed by atoms with E-state index in [1.165, 1.54) is 38.2 Å². The Morgan fingerprint density at radius 1 is 1.04 bits per heavy atom. The summed E-state index contributed by atoms with van der Waals surface area (Å²) in [5.41, 5.74) is 4.17. The molecule has 1 fully saturated rings. The van der Waals surface area contributed by atoms with E-state index >= 15 is 0 Å². The number of amides is 1. The lowest BCUT2D eigenvalue weighted by molar-refractivity contribution is -0.111. The number of nitrogens with one attached hydrogen (secondary N) is 2. The van der Waals surface area contributed by atoms with E-state index in [9.17, 15) is 4.79 Å². The molecule has 1 amide bonds. The van der Waals surface area contributed by atoms with E-state index in [1.807, 2.05) is 30.3 Å². The third kappa shape index (κ3) is 4.05. The van der Waals surface area contributed by atoms with Gasteiger partial charge in [0.25, 0.3) is 0 Å². The Hall–Kier alpha value is -2.55. The quantitative estimate of drug-likeness (QED) is 0.741. The lowest BCUT2D eigenvalue weighted by Gasteiger charge is -2.25. The van der Waals surface area contributed by atoms with Crippen LogP contribution in [-0.2, 0) is 4.79 Å². The highest BCUT2D eigenvalue weighted by molar-refractivity contribution is 5.99. The fourth-order valence-electron chi connectivity index (χ4n) is 3.26. The summed E-state index contributed by atoms with van der Waals surface area (Å²) in [7, 11) is 0. The van der Waals surface area contributed by atoms with Crippen LogP contribution in [0.4, 0.5) is 11.4 Å². The molecule has 2 aromatic rings. The van der Waals surface area contributed by atoms with E-state index in [-0.39, 0.29) is 5.91 Å². The second-order valence-electron chi connectivity index (χ2n) is 6.30. The van der Waals surface area contributed by atoms with Crippen molar-refractivity contribution in [1.82, 2.24) is 0 Å². The number of rotatable bonds is 5. The highest BCUT2D eigenvalue weighted by atomic mass is 16.1. The zero-order valence-corrected chi connectivity index (χ0v) is 13.9. The molecular formula is C21H24N2O. The van der Waals surface area contributed by atoms with Gasteiger partial charge in [0.1, 0.15) is 0 Å². The van der Waals surface area contributed by atoms with Crippen molar-refractivity contribution in [3.05, 3.63) is 61.2 Å². The van der Waals surface area contributed by atoms with Gasteiger partial charge >= 0.3 is 0 Å². The van der Waals surface area contributed by atoms with Crippen molar-refractivity contribution in [3.63, 3.8) is 0 Å². The van der Waals surface area contributed by atoms with Crippen LogP contribution in [0.3, 0.4) is 0 Å². The third-order valence-corrected chi connectivity index (χ3v) is 4.52. The standard InChI is InChI=1S/C21H24N2O/c1-2-21(24)23-18-13-14-20(22-17-11-7-4-8-12-17)19(15-18)16-9-5-3-6-10-16/h2-3,5-6,9-10,13-15,17,22H,1,4,7-8,11-12H2,(H,23,24). The predicted molar refractivity (Wildman–Crippen MR) is 101 cm³/mol. The second kappa shape index (κ2) is 7.82. The van der Waals surface area contributed by atoms with Crippen LogP contribution in [0.1, 0.15) is 32.1 Å². The van der Waals surface area contributed by atoms with Gasteiger partial charge in [0.15, 0.2) is 0 Å². The molecule has 0 heterocycles. The topological polar surface area (TPSA) is 41.1 Å². The van der Waals surface area contributed by atoms with Crippen LogP contribution in [0.2, 0.25) is 0 Å². The summed E-state index contributed by atoms with van der Waals surface area (Å²) in [6.07, 6.45) is 7.68. The molecule has 24 heavy (non-hydrogen) atoms. The Bertz CT molecular complexity index is 703. The number of hydrogen-bond donors (Lipinski definition) is 2. The van der Waals surface area contributed by atoms with Gasteiger partial charge in [0.2, 0.25) is 5.91 Å². The van der Waals surface area contributed by atoms with Crippen molar-refractivity contribution in [2.75, 3.05) is 10.6 Å². The van der Waals surface area contributed by atoms with Gasteiger partial charge in [-0.05, 0) is 42.7 Å². The van der Waals surface area contributed by atoms with Gasteiger partial charge in [-0.15, -0.1) is 0 Å². The molecule has 0 saturated heterocycles. The summed E-state index contributed by atoms with van der Waals surface area (Å²) in [4.78, 5) is 11.6. The van der Waals surface area contributed by atoms with Gasteiger partial charge in [-0.25, -0.2) is 0 Å². The highest BCUT2D eigenvalue weighted by Gasteiger charge is 2.15. The molecule has 0 aliphatic heterocycles. The number of carbonyl (C=O) groups excluding carboxylic acids is 1. The lowest BCUT2D eigenvalue weighted by Crippen LogP contribution is -2.22. The van der Waals surface area contributed by atoms with E-state index in [2.05, 4.69) is 35.4 Å². The first-order valence-corrected chi connectivity index (χ1v) is 8.65. The summed E-state index contributed by atoms with van der Waals surface area (Å²) in [6, 6.07) is 16.9. The maximum atomic E-state index is 11.6. The molecule has 3 rings (SSSR count). The minimum Gasteiger partial charge on any atom is -0.382 e. The molecule has 0 radical (unpaired) electrons. The Morgan fingerprint density at radius 3 is 2.50 bits per heavy atom. The van der Waals surface area contributed by atoms with E-state index in [1.54, 1.807) is 0 Å². The van der Waals surface area contributed by atoms with E-state index < -0.39 is 0 Å². The van der Waals surface area contributed by atoms with Gasteiger partial charge in [-0.3, -0.25) is 4.79 Å². The van der Waals surface area contributed by atoms with E-state index in [4.69, 9.17) is 0 Å². The first kappa shape index (κ1) is 16.3. The second-order valence-corrected chi connectivity index (χ2v) is 6.30. The molecule has 3 nitrogen and oxygen atoms in total. The average Bonchev–Trinajstić information content (AvgIpc) is 2.64. The molecule has 2 N–H and O–H groups in total. The molecule has 2 aromatic carbocycles. The molecule has 124 valence electrons. The maximum absolute atomic E-state index is 11.6. The minimum atomic E-state index is -0.193. The van der Waals surface area contributed by atoms with Crippen molar-refractivity contribution < 1.29 is 4.79 Å². The minimum absolute atomic E-state index is 0.193. The Morgan fingerprint density at radius 2 is 1.79 bits per heavy atom. The fourth-order valence-corrected chi connectivity index (χ4v) is 3.26. The maximum Gasteiger partial charge on any atom is 0.247 e. The van der Waals surface area contributed by atoms with Crippen LogP contribution in [0.15, 0.2) is 61.2 Å². The number of carbonyl (C=O) groups is 1. The summed E-state index contributed by atoms with van der Waals surface area (Å²) in [5, 5.41) is 6.56. The zero-order chi connectivity index (χ0) is 16.8. The van der Waals surface area contributed by atoms with Gasteiger partial charge in [0.05, 0.1) is 0 Å². The Kier molecular flexibility index (Phi) is 5.32. The molecule has 0 bridgehead atoms. The lowest BCUT2D eigenvalue weighted by atomic mass is 9.94.